The van der Waals surface area contributed by atoms with Gasteiger partial charge in [0.15, 0.2) is 0 Å². The van der Waals surface area contributed by atoms with Crippen LogP contribution in [0.5, 0.6) is 0 Å². The third-order valence-electron chi connectivity index (χ3n) is 3.50. The first-order chi connectivity index (χ1) is 10.1. The van der Waals surface area contributed by atoms with Crippen LogP contribution in [0.2, 0.25) is 0 Å². The smallest absolute Gasteiger partial charge is 0.234 e. The Morgan fingerprint density at radius 3 is 2.14 bits per heavy atom. The van der Waals surface area contributed by atoms with Gasteiger partial charge in [-0.25, -0.2) is 0 Å². The topological polar surface area (TPSA) is 44.4 Å². The van der Waals surface area contributed by atoms with Crippen molar-refractivity contribution in [2.45, 2.75) is 71.8 Å². The van der Waals surface area contributed by atoms with E-state index >= 15 is 0 Å². The van der Waals surface area contributed by atoms with Crippen molar-refractivity contribution < 1.29 is 4.79 Å². The Morgan fingerprint density at radius 2 is 1.57 bits per heavy atom. The molecule has 4 heteroatoms. The van der Waals surface area contributed by atoms with Crippen LogP contribution >= 0.6 is 0 Å². The number of rotatable bonds is 14. The van der Waals surface area contributed by atoms with Gasteiger partial charge in [-0.05, 0) is 39.4 Å². The number of unbranched alkanes of at least 4 members (excludes halogenated alkanes) is 5. The minimum atomic E-state index is 0.158. The first-order valence-corrected chi connectivity index (χ1v) is 8.74. The van der Waals surface area contributed by atoms with Gasteiger partial charge in [0.1, 0.15) is 0 Å². The highest BCUT2D eigenvalue weighted by molar-refractivity contribution is 5.77. The van der Waals surface area contributed by atoms with Crippen LogP contribution in [0.3, 0.4) is 0 Å². The van der Waals surface area contributed by atoms with Crippen LogP contribution in [0, 0.1) is 0 Å². The van der Waals surface area contributed by atoms with Crippen molar-refractivity contribution in [1.29, 1.82) is 0 Å². The van der Waals surface area contributed by atoms with E-state index in [-0.39, 0.29) is 5.91 Å². The monoisotopic (exact) mass is 299 g/mol. The fourth-order valence-corrected chi connectivity index (χ4v) is 2.34. The van der Waals surface area contributed by atoms with Crippen molar-refractivity contribution in [2.75, 3.05) is 33.2 Å². The van der Waals surface area contributed by atoms with E-state index in [1.165, 1.54) is 32.1 Å². The molecule has 0 aliphatic rings. The van der Waals surface area contributed by atoms with Gasteiger partial charge in [0.25, 0.3) is 0 Å². The number of nitrogens with zero attached hydrogens (tertiary/aromatic N) is 1. The molecule has 0 saturated heterocycles. The quantitative estimate of drug-likeness (QED) is 0.485. The molecule has 0 unspecified atom stereocenters. The Hall–Kier alpha value is -0.610. The van der Waals surface area contributed by atoms with Gasteiger partial charge >= 0.3 is 0 Å². The molecule has 0 aromatic rings. The molecular weight excluding hydrogens is 262 g/mol. The van der Waals surface area contributed by atoms with Gasteiger partial charge in [0.05, 0.1) is 6.54 Å². The van der Waals surface area contributed by atoms with E-state index in [2.05, 4.69) is 36.3 Å². The minimum absolute atomic E-state index is 0.158. The summed E-state index contributed by atoms with van der Waals surface area (Å²) in [7, 11) is 2.00. The summed E-state index contributed by atoms with van der Waals surface area (Å²) in [6.07, 6.45) is 8.61. The number of amides is 1. The molecule has 0 rings (SSSR count). The molecule has 0 aliphatic carbocycles. The fraction of sp³-hybridized carbons (Fsp3) is 0.941. The number of carbonyl (C=O) groups excluding carboxylic acids is 1. The fourth-order valence-electron chi connectivity index (χ4n) is 2.34. The molecule has 1 amide bonds. The number of hydrogen-bond donors (Lipinski definition) is 2. The standard InChI is InChI=1S/C17H37N3O/c1-5-14-20(4)15-17(21)19-13-11-9-7-6-8-10-12-18-16(2)3/h16,18H,5-15H2,1-4H3,(H,19,21). The number of nitrogens with one attached hydrogen (secondary N) is 2. The van der Waals surface area contributed by atoms with Crippen molar-refractivity contribution >= 4 is 5.91 Å². The SMILES string of the molecule is CCCN(C)CC(=O)NCCCCCCCCNC(C)C. The third-order valence-corrected chi connectivity index (χ3v) is 3.50. The molecule has 0 aliphatic heterocycles. The van der Waals surface area contributed by atoms with Crippen LogP contribution in [0.1, 0.15) is 65.7 Å². The van der Waals surface area contributed by atoms with Crippen LogP contribution in [-0.2, 0) is 4.79 Å². The predicted molar refractivity (Wildman–Crippen MR) is 91.6 cm³/mol. The number of hydrogen-bond acceptors (Lipinski definition) is 3. The Bertz CT molecular complexity index is 244. The summed E-state index contributed by atoms with van der Waals surface area (Å²) in [6.45, 7) is 9.98. The van der Waals surface area contributed by atoms with Crippen LogP contribution < -0.4 is 10.6 Å². The van der Waals surface area contributed by atoms with Gasteiger partial charge in [-0.1, -0.05) is 46.5 Å². The molecule has 2 N–H and O–H groups in total. The molecule has 0 aromatic heterocycles. The lowest BCUT2D eigenvalue weighted by molar-refractivity contribution is -0.121. The molecule has 21 heavy (non-hydrogen) atoms. The Labute approximate surface area is 132 Å². The second-order valence-electron chi connectivity index (χ2n) is 6.32. The van der Waals surface area contributed by atoms with Gasteiger partial charge < -0.3 is 10.6 Å². The largest absolute Gasteiger partial charge is 0.355 e. The van der Waals surface area contributed by atoms with Crippen LogP contribution in [0.15, 0.2) is 0 Å². The summed E-state index contributed by atoms with van der Waals surface area (Å²) in [6, 6.07) is 0.602. The molecule has 0 bridgehead atoms. The van der Waals surface area contributed by atoms with Crippen molar-refractivity contribution in [3.63, 3.8) is 0 Å². The summed E-state index contributed by atoms with van der Waals surface area (Å²) >= 11 is 0. The van der Waals surface area contributed by atoms with Crippen molar-refractivity contribution in [1.82, 2.24) is 15.5 Å². The highest BCUT2D eigenvalue weighted by atomic mass is 16.2. The van der Waals surface area contributed by atoms with Gasteiger partial charge in [0, 0.05) is 12.6 Å². The lowest BCUT2D eigenvalue weighted by Crippen LogP contribution is -2.35. The molecule has 0 radical (unpaired) electrons. The summed E-state index contributed by atoms with van der Waals surface area (Å²) in [5.74, 6) is 0.158. The molecule has 0 atom stereocenters. The van der Waals surface area contributed by atoms with E-state index < -0.39 is 0 Å². The summed E-state index contributed by atoms with van der Waals surface area (Å²) in [4.78, 5) is 13.7. The molecular formula is C17H37N3O. The Balaban J connectivity index is 3.23. The lowest BCUT2D eigenvalue weighted by Gasteiger charge is -2.14. The third kappa shape index (κ3) is 15.6. The van der Waals surface area contributed by atoms with Crippen LogP contribution in [0.25, 0.3) is 0 Å². The average molecular weight is 300 g/mol. The lowest BCUT2D eigenvalue weighted by atomic mass is 10.1. The minimum Gasteiger partial charge on any atom is -0.355 e. The van der Waals surface area contributed by atoms with E-state index in [1.54, 1.807) is 0 Å². The van der Waals surface area contributed by atoms with Crippen LogP contribution in [-0.4, -0.2) is 50.1 Å². The van der Waals surface area contributed by atoms with Crippen molar-refractivity contribution in [3.05, 3.63) is 0 Å². The summed E-state index contributed by atoms with van der Waals surface area (Å²) in [5.41, 5.74) is 0. The number of likely N-dealkylation sites (N-methyl/N-ethyl adjacent to an activating group) is 1. The zero-order valence-electron chi connectivity index (χ0n) is 14.7. The van der Waals surface area contributed by atoms with Crippen LogP contribution in [0.4, 0.5) is 0 Å². The van der Waals surface area contributed by atoms with E-state index in [0.29, 0.717) is 12.6 Å². The summed E-state index contributed by atoms with van der Waals surface area (Å²) < 4.78 is 0. The maximum atomic E-state index is 11.6. The zero-order valence-corrected chi connectivity index (χ0v) is 14.7. The molecule has 4 nitrogen and oxygen atoms in total. The summed E-state index contributed by atoms with van der Waals surface area (Å²) in [5, 5.41) is 6.45. The molecule has 0 aromatic carbocycles. The maximum absolute atomic E-state index is 11.6. The first-order valence-electron chi connectivity index (χ1n) is 8.74. The molecule has 0 heterocycles. The molecule has 0 spiro atoms. The average Bonchev–Trinajstić information content (AvgIpc) is 2.40. The van der Waals surface area contributed by atoms with Gasteiger partial charge in [0.2, 0.25) is 5.91 Å². The zero-order chi connectivity index (χ0) is 15.9. The molecule has 126 valence electrons. The molecule has 0 fully saturated rings. The second-order valence-corrected chi connectivity index (χ2v) is 6.32. The van der Waals surface area contributed by atoms with E-state index in [4.69, 9.17) is 0 Å². The normalized spacial score (nSPS) is 11.3. The van der Waals surface area contributed by atoms with Gasteiger partial charge in [-0.15, -0.1) is 0 Å². The van der Waals surface area contributed by atoms with Crippen molar-refractivity contribution in [2.24, 2.45) is 0 Å². The Morgan fingerprint density at radius 1 is 1.00 bits per heavy atom. The maximum Gasteiger partial charge on any atom is 0.234 e. The van der Waals surface area contributed by atoms with Gasteiger partial charge in [-0.2, -0.15) is 0 Å². The van der Waals surface area contributed by atoms with Crippen molar-refractivity contribution in [3.8, 4) is 0 Å². The first kappa shape index (κ1) is 20.4. The number of carbonyl (C=O) groups is 1. The van der Waals surface area contributed by atoms with Gasteiger partial charge in [-0.3, -0.25) is 9.69 Å². The Kier molecular flexibility index (Phi) is 13.9. The molecule has 0 saturated carbocycles. The predicted octanol–water partition coefficient (Wildman–Crippen LogP) is 2.78. The highest BCUT2D eigenvalue weighted by Gasteiger charge is 2.04. The second kappa shape index (κ2) is 14.3. The van der Waals surface area contributed by atoms with E-state index in [9.17, 15) is 4.79 Å². The van der Waals surface area contributed by atoms with E-state index in [1.807, 2.05) is 7.05 Å². The highest BCUT2D eigenvalue weighted by Crippen LogP contribution is 2.04. The van der Waals surface area contributed by atoms with E-state index in [0.717, 1.165) is 32.5 Å².